The predicted octanol–water partition coefficient (Wildman–Crippen LogP) is 7.80. The number of hydrogen-bond donors (Lipinski definition) is 5. The van der Waals surface area contributed by atoms with Gasteiger partial charge in [-0.2, -0.15) is 5.26 Å². The van der Waals surface area contributed by atoms with Crippen LogP contribution in [0.15, 0.2) is 134 Å². The molecule has 16 nitrogen and oxygen atoms in total. The van der Waals surface area contributed by atoms with Crippen molar-refractivity contribution in [3.8, 4) is 28.6 Å². The van der Waals surface area contributed by atoms with Crippen LogP contribution in [0, 0.1) is 11.3 Å². The molecule has 5 aromatic carbocycles. The molecule has 1 saturated heterocycles. The molecule has 16 heteroatoms. The van der Waals surface area contributed by atoms with Crippen molar-refractivity contribution >= 4 is 62.8 Å². The second-order valence-corrected chi connectivity index (χ2v) is 17.5. The third-order valence-corrected chi connectivity index (χ3v) is 12.5. The van der Waals surface area contributed by atoms with Crippen LogP contribution in [-0.2, 0) is 6.54 Å². The number of urea groups is 1. The van der Waals surface area contributed by atoms with Gasteiger partial charge in [0.1, 0.15) is 0 Å². The van der Waals surface area contributed by atoms with E-state index < -0.39 is 0 Å². The van der Waals surface area contributed by atoms with Crippen LogP contribution < -0.4 is 26.6 Å². The summed E-state index contributed by atoms with van der Waals surface area (Å²) >= 11 is 0. The Balaban J connectivity index is 0.000000151. The predicted molar refractivity (Wildman–Crippen MR) is 265 cm³/mol. The lowest BCUT2D eigenvalue weighted by atomic mass is 10.1. The average molecular weight is 914 g/mol. The van der Waals surface area contributed by atoms with Gasteiger partial charge in [0.25, 0.3) is 11.8 Å². The molecule has 3 aliphatic rings. The number of anilines is 2. The highest BCUT2D eigenvalue weighted by Crippen LogP contribution is 2.31. The highest BCUT2D eigenvalue weighted by atomic mass is 16.2. The van der Waals surface area contributed by atoms with Crippen LogP contribution in [0.1, 0.15) is 57.5 Å². The summed E-state index contributed by atoms with van der Waals surface area (Å²) in [6.07, 6.45) is 7.93. The normalized spacial score (nSPS) is 14.3. The summed E-state index contributed by atoms with van der Waals surface area (Å²) in [5.41, 5.74) is 11.8. The van der Waals surface area contributed by atoms with E-state index in [0.29, 0.717) is 73.1 Å². The second-order valence-electron chi connectivity index (χ2n) is 17.5. The Hall–Kier alpha value is -8.84. The van der Waals surface area contributed by atoms with E-state index in [1.54, 1.807) is 4.90 Å². The van der Waals surface area contributed by atoms with E-state index in [1.165, 1.54) is 0 Å². The van der Waals surface area contributed by atoms with Gasteiger partial charge in [0, 0.05) is 67.1 Å². The standard InChI is InChI=1S/C28H22N6O.C25H25N7O2/c29-15-18-5-7-19(8-6-18)16-30-26-27-31-17-25(34(27)24-4-2-1-3-23(24)33-26)20-9-11-21(12-10-20)28(35)32-22-13-14-22;33-24(29-18-9-10-18)17-7-5-16(6-8-17)21-15-28-23-22(26-11-13-31-14-12-27-25(31)34)30-19-3-1-2-4-20(19)32(21)23/h1-12,17,22H,13-14,16H2,(H,30,33)(H,32,35);1-8,15,18H,9-14H2,(H,26,30)(H,27,34)(H,29,33). The molecule has 1 aliphatic heterocycles. The Bertz CT molecular complexity index is 3440. The van der Waals surface area contributed by atoms with Crippen molar-refractivity contribution in [2.75, 3.05) is 36.8 Å². The minimum atomic E-state index is -0.0317. The fraction of sp³-hybridized carbons (Fsp3) is 0.208. The number of hydrogen-bond acceptors (Lipinski definition) is 10. The number of amides is 4. The monoisotopic (exact) mass is 913 g/mol. The zero-order chi connectivity index (χ0) is 46.8. The summed E-state index contributed by atoms with van der Waals surface area (Å²) < 4.78 is 4.19. The number of nitriles is 1. The zero-order valence-corrected chi connectivity index (χ0v) is 37.5. The quantitative estimate of drug-likeness (QED) is 0.0761. The number of para-hydroxylation sites is 4. The molecule has 0 spiro atoms. The van der Waals surface area contributed by atoms with Gasteiger partial charge in [-0.3, -0.25) is 18.4 Å². The van der Waals surface area contributed by atoms with Crippen molar-refractivity contribution in [3.05, 3.63) is 156 Å². The molecule has 3 fully saturated rings. The average Bonchev–Trinajstić information content (AvgIpc) is 4.24. The Labute approximate surface area is 396 Å². The molecule has 5 N–H and O–H groups in total. The molecular formula is C53H47N13O3. The molecule has 2 saturated carbocycles. The number of nitrogens with one attached hydrogen (secondary N) is 5. The van der Waals surface area contributed by atoms with Gasteiger partial charge in [-0.15, -0.1) is 0 Å². The van der Waals surface area contributed by atoms with Crippen molar-refractivity contribution in [3.63, 3.8) is 0 Å². The highest BCUT2D eigenvalue weighted by Gasteiger charge is 2.25. The number of carbonyl (C=O) groups is 3. The van der Waals surface area contributed by atoms with Gasteiger partial charge in [0.2, 0.25) is 0 Å². The maximum Gasteiger partial charge on any atom is 0.317 e. The van der Waals surface area contributed by atoms with Gasteiger partial charge in [-0.1, -0.05) is 60.7 Å². The molecule has 69 heavy (non-hydrogen) atoms. The van der Waals surface area contributed by atoms with E-state index in [9.17, 15) is 14.4 Å². The molecule has 342 valence electrons. The first-order valence-electron chi connectivity index (χ1n) is 23.2. The van der Waals surface area contributed by atoms with Gasteiger partial charge < -0.3 is 31.5 Å². The van der Waals surface area contributed by atoms with E-state index in [1.807, 2.05) is 134 Å². The molecule has 2 aliphatic carbocycles. The molecule has 4 amide bonds. The Kier molecular flexibility index (Phi) is 11.4. The van der Waals surface area contributed by atoms with E-state index in [2.05, 4.69) is 46.4 Å². The van der Waals surface area contributed by atoms with Crippen LogP contribution in [0.2, 0.25) is 0 Å². The molecule has 12 rings (SSSR count). The lowest BCUT2D eigenvalue weighted by molar-refractivity contribution is 0.0942. The number of fused-ring (bicyclic) bond motifs is 6. The lowest BCUT2D eigenvalue weighted by Gasteiger charge is -2.15. The number of benzene rings is 5. The summed E-state index contributed by atoms with van der Waals surface area (Å²) in [4.78, 5) is 57.4. The van der Waals surface area contributed by atoms with Crippen molar-refractivity contribution in [2.24, 2.45) is 0 Å². The van der Waals surface area contributed by atoms with Gasteiger partial charge in [0.15, 0.2) is 22.9 Å². The number of aromatic nitrogens is 6. The van der Waals surface area contributed by atoms with Gasteiger partial charge >= 0.3 is 6.03 Å². The topological polar surface area (TPSA) is 199 Å². The largest absolute Gasteiger partial charge is 0.365 e. The molecule has 0 atom stereocenters. The first kappa shape index (κ1) is 42.8. The summed E-state index contributed by atoms with van der Waals surface area (Å²) in [5.74, 6) is 1.30. The Morgan fingerprint density at radius 2 is 1.16 bits per heavy atom. The van der Waals surface area contributed by atoms with Crippen molar-refractivity contribution in [1.29, 1.82) is 5.26 Å². The Morgan fingerprint density at radius 1 is 0.652 bits per heavy atom. The number of carbonyl (C=O) groups excluding carboxylic acids is 3. The van der Waals surface area contributed by atoms with Crippen molar-refractivity contribution in [1.82, 2.24) is 49.6 Å². The van der Waals surface area contributed by atoms with E-state index in [-0.39, 0.29) is 17.8 Å². The summed E-state index contributed by atoms with van der Waals surface area (Å²) in [6, 6.07) is 41.4. The van der Waals surface area contributed by atoms with Crippen LogP contribution in [0.25, 0.3) is 55.9 Å². The van der Waals surface area contributed by atoms with E-state index >= 15 is 0 Å². The van der Waals surface area contributed by atoms with Crippen LogP contribution in [-0.4, -0.2) is 89.7 Å². The first-order valence-corrected chi connectivity index (χ1v) is 23.2. The van der Waals surface area contributed by atoms with Crippen molar-refractivity contribution < 1.29 is 14.4 Å². The Morgan fingerprint density at radius 3 is 1.64 bits per heavy atom. The van der Waals surface area contributed by atoms with E-state index in [4.69, 9.17) is 20.2 Å². The van der Waals surface area contributed by atoms with Gasteiger partial charge in [-0.25, -0.2) is 24.7 Å². The highest BCUT2D eigenvalue weighted by molar-refractivity contribution is 5.96. The lowest BCUT2D eigenvalue weighted by Crippen LogP contribution is -2.32. The molecule has 0 unspecified atom stereocenters. The molecule has 0 radical (unpaired) electrons. The minimum Gasteiger partial charge on any atom is -0.365 e. The fourth-order valence-corrected chi connectivity index (χ4v) is 8.50. The first-order chi connectivity index (χ1) is 33.9. The van der Waals surface area contributed by atoms with Crippen LogP contribution in [0.3, 0.4) is 0 Å². The summed E-state index contributed by atoms with van der Waals surface area (Å²) in [7, 11) is 0. The maximum atomic E-state index is 12.4. The van der Waals surface area contributed by atoms with Crippen LogP contribution >= 0.6 is 0 Å². The number of imidazole rings is 2. The van der Waals surface area contributed by atoms with E-state index in [0.717, 1.165) is 87.1 Å². The third kappa shape index (κ3) is 9.05. The molecule has 9 aromatic rings. The smallest absolute Gasteiger partial charge is 0.317 e. The van der Waals surface area contributed by atoms with Gasteiger partial charge in [0.05, 0.1) is 57.5 Å². The zero-order valence-electron chi connectivity index (χ0n) is 37.5. The van der Waals surface area contributed by atoms with Crippen LogP contribution in [0.4, 0.5) is 16.4 Å². The maximum absolute atomic E-state index is 12.4. The molecule has 4 aromatic heterocycles. The van der Waals surface area contributed by atoms with Crippen LogP contribution in [0.5, 0.6) is 0 Å². The minimum absolute atomic E-state index is 0.0267. The third-order valence-electron chi connectivity index (χ3n) is 12.5. The number of rotatable bonds is 13. The molecule has 5 heterocycles. The second kappa shape index (κ2) is 18.4. The summed E-state index contributed by atoms with van der Waals surface area (Å²) in [5, 5.41) is 24.7. The summed E-state index contributed by atoms with van der Waals surface area (Å²) in [6.45, 7) is 3.11. The SMILES string of the molecule is N#Cc1ccc(CNc2nc3ccccc3n3c(-c4ccc(C(=O)NC5CC5)cc4)cnc23)cc1.O=C(NC1CC1)c1ccc(-c2cnc3c(NCCN4CCNC4=O)nc4ccccc4n23)cc1. The fourth-order valence-electron chi connectivity index (χ4n) is 8.50. The molecule has 0 bridgehead atoms. The number of nitrogens with zero attached hydrogens (tertiary/aromatic N) is 8. The molecular weight excluding hydrogens is 867 g/mol. The van der Waals surface area contributed by atoms with Crippen molar-refractivity contribution in [2.45, 2.75) is 44.3 Å². The van der Waals surface area contributed by atoms with Gasteiger partial charge in [-0.05, 0) is 91.9 Å².